The van der Waals surface area contributed by atoms with Gasteiger partial charge in [-0.2, -0.15) is 5.10 Å². The van der Waals surface area contributed by atoms with Crippen molar-refractivity contribution in [2.24, 2.45) is 0 Å². The highest BCUT2D eigenvalue weighted by Crippen LogP contribution is 2.37. The molecule has 7 rings (SSSR count). The highest BCUT2D eigenvalue weighted by Gasteiger charge is 2.16. The van der Waals surface area contributed by atoms with Crippen LogP contribution in [0.4, 0.5) is 0 Å². The van der Waals surface area contributed by atoms with Crippen LogP contribution in [0.3, 0.4) is 0 Å². The Morgan fingerprint density at radius 3 is 2.26 bits per heavy atom. The number of hydrogen-bond acceptors (Lipinski definition) is 2. The van der Waals surface area contributed by atoms with Crippen molar-refractivity contribution in [3.63, 3.8) is 0 Å². The summed E-state index contributed by atoms with van der Waals surface area (Å²) in [6.45, 7) is 0. The number of nitrogens with zero attached hydrogens (tertiary/aromatic N) is 3. The van der Waals surface area contributed by atoms with Gasteiger partial charge in [0.05, 0.1) is 28.4 Å². The van der Waals surface area contributed by atoms with Gasteiger partial charge in [-0.05, 0) is 57.9 Å². The molecular weight excluding hydrogens is 380 g/mol. The molecule has 2 heterocycles. The van der Waals surface area contributed by atoms with E-state index < -0.39 is 0 Å². The summed E-state index contributed by atoms with van der Waals surface area (Å²) in [6.07, 6.45) is 1.96. The SMILES string of the molecule is Nn1c2cc3ccc4ccccc4c3cc2c2c3cnn(-c4ccccc4)c3ccc21. The van der Waals surface area contributed by atoms with Crippen LogP contribution in [0.5, 0.6) is 0 Å². The van der Waals surface area contributed by atoms with Crippen molar-refractivity contribution in [1.29, 1.82) is 0 Å². The van der Waals surface area contributed by atoms with Gasteiger partial charge in [0.25, 0.3) is 0 Å². The fourth-order valence-corrected chi connectivity index (χ4v) is 4.92. The van der Waals surface area contributed by atoms with E-state index in [4.69, 9.17) is 10.9 Å². The van der Waals surface area contributed by atoms with Crippen LogP contribution >= 0.6 is 0 Å². The van der Waals surface area contributed by atoms with E-state index in [1.165, 1.54) is 21.5 Å². The first kappa shape index (κ1) is 16.5. The summed E-state index contributed by atoms with van der Waals surface area (Å²) in [5.41, 5.74) is 4.15. The van der Waals surface area contributed by atoms with Crippen molar-refractivity contribution in [3.05, 3.63) is 97.2 Å². The van der Waals surface area contributed by atoms with E-state index >= 15 is 0 Å². The van der Waals surface area contributed by atoms with Crippen LogP contribution in [0.2, 0.25) is 0 Å². The molecule has 0 spiro atoms. The zero-order chi connectivity index (χ0) is 20.5. The van der Waals surface area contributed by atoms with E-state index in [1.807, 2.05) is 29.1 Å². The third-order valence-electron chi connectivity index (χ3n) is 6.38. The summed E-state index contributed by atoms with van der Waals surface area (Å²) in [7, 11) is 0. The molecular formula is C27H18N4. The summed E-state index contributed by atoms with van der Waals surface area (Å²) in [4.78, 5) is 0. The van der Waals surface area contributed by atoms with Crippen LogP contribution in [-0.2, 0) is 0 Å². The molecule has 31 heavy (non-hydrogen) atoms. The van der Waals surface area contributed by atoms with E-state index in [0.29, 0.717) is 0 Å². The van der Waals surface area contributed by atoms with Crippen LogP contribution in [0.1, 0.15) is 0 Å². The number of para-hydroxylation sites is 1. The number of rotatable bonds is 1. The highest BCUT2D eigenvalue weighted by atomic mass is 15.3. The number of fused-ring (bicyclic) bond motifs is 8. The van der Waals surface area contributed by atoms with Gasteiger partial charge in [0.1, 0.15) is 0 Å². The molecule has 0 bridgehead atoms. The minimum atomic E-state index is 1.01. The smallest absolute Gasteiger partial charge is 0.0748 e. The molecule has 0 aliphatic carbocycles. The third kappa shape index (κ3) is 2.16. The van der Waals surface area contributed by atoms with Gasteiger partial charge in [0.2, 0.25) is 0 Å². The quantitative estimate of drug-likeness (QED) is 0.266. The average Bonchev–Trinajstić information content (AvgIpc) is 3.38. The fraction of sp³-hybridized carbons (Fsp3) is 0. The van der Waals surface area contributed by atoms with E-state index in [2.05, 4.69) is 72.8 Å². The molecule has 0 amide bonds. The predicted molar refractivity (Wildman–Crippen MR) is 129 cm³/mol. The molecule has 0 atom stereocenters. The standard InChI is InChI=1S/C27H18N4/c28-30-25-13-12-24-23(16-29-31(24)19-7-2-1-3-8-19)27(25)22-15-21-18(14-26(22)30)11-10-17-6-4-5-9-20(17)21/h1-16H,28H2. The molecule has 5 aromatic carbocycles. The molecule has 7 aromatic rings. The first-order valence-corrected chi connectivity index (χ1v) is 10.4. The fourth-order valence-electron chi connectivity index (χ4n) is 4.92. The molecule has 0 aliphatic rings. The lowest BCUT2D eigenvalue weighted by Gasteiger charge is -2.05. The van der Waals surface area contributed by atoms with Crippen molar-refractivity contribution in [3.8, 4) is 5.69 Å². The third-order valence-corrected chi connectivity index (χ3v) is 6.38. The van der Waals surface area contributed by atoms with Crippen LogP contribution < -0.4 is 5.84 Å². The second-order valence-electron chi connectivity index (χ2n) is 8.03. The van der Waals surface area contributed by atoms with Crippen molar-refractivity contribution in [1.82, 2.24) is 14.5 Å². The minimum absolute atomic E-state index is 1.01. The number of nitrogen functional groups attached to an aromatic ring is 1. The largest absolute Gasteiger partial charge is 0.339 e. The molecule has 0 saturated carbocycles. The van der Waals surface area contributed by atoms with Gasteiger partial charge in [0.15, 0.2) is 0 Å². The Balaban J connectivity index is 1.65. The number of hydrogen-bond donors (Lipinski definition) is 1. The molecule has 0 aliphatic heterocycles. The van der Waals surface area contributed by atoms with Gasteiger partial charge in [-0.3, -0.25) is 4.68 Å². The second-order valence-corrected chi connectivity index (χ2v) is 8.03. The van der Waals surface area contributed by atoms with Crippen LogP contribution in [0.15, 0.2) is 97.2 Å². The Morgan fingerprint density at radius 1 is 0.581 bits per heavy atom. The van der Waals surface area contributed by atoms with Crippen molar-refractivity contribution in [2.45, 2.75) is 0 Å². The van der Waals surface area contributed by atoms with E-state index in [-0.39, 0.29) is 0 Å². The number of aromatic nitrogens is 3. The van der Waals surface area contributed by atoms with Gasteiger partial charge < -0.3 is 5.84 Å². The summed E-state index contributed by atoms with van der Waals surface area (Å²) in [6, 6.07) is 31.8. The normalized spacial score (nSPS) is 12.0. The van der Waals surface area contributed by atoms with Crippen LogP contribution in [-0.4, -0.2) is 14.5 Å². The molecule has 0 fully saturated rings. The molecule has 4 nitrogen and oxygen atoms in total. The van der Waals surface area contributed by atoms with Gasteiger partial charge in [-0.25, -0.2) is 4.68 Å². The summed E-state index contributed by atoms with van der Waals surface area (Å²) < 4.78 is 3.80. The highest BCUT2D eigenvalue weighted by molar-refractivity contribution is 6.24. The first-order chi connectivity index (χ1) is 15.3. The summed E-state index contributed by atoms with van der Waals surface area (Å²) >= 11 is 0. The Kier molecular flexibility index (Phi) is 3.12. The van der Waals surface area contributed by atoms with Gasteiger partial charge in [-0.15, -0.1) is 0 Å². The van der Waals surface area contributed by atoms with Crippen LogP contribution in [0.25, 0.3) is 59.9 Å². The zero-order valence-electron chi connectivity index (χ0n) is 16.7. The maximum absolute atomic E-state index is 6.58. The van der Waals surface area contributed by atoms with Crippen molar-refractivity contribution in [2.75, 3.05) is 5.84 Å². The summed E-state index contributed by atoms with van der Waals surface area (Å²) in [5.74, 6) is 6.58. The van der Waals surface area contributed by atoms with E-state index in [0.717, 1.165) is 38.4 Å². The molecule has 146 valence electrons. The molecule has 4 heteroatoms. The molecule has 2 aromatic heterocycles. The lowest BCUT2D eigenvalue weighted by Crippen LogP contribution is -2.06. The van der Waals surface area contributed by atoms with E-state index in [9.17, 15) is 0 Å². The maximum Gasteiger partial charge on any atom is 0.0748 e. The molecule has 0 saturated heterocycles. The molecule has 0 unspecified atom stereocenters. The Morgan fingerprint density at radius 2 is 1.35 bits per heavy atom. The first-order valence-electron chi connectivity index (χ1n) is 10.4. The molecule has 2 N–H and O–H groups in total. The van der Waals surface area contributed by atoms with Crippen molar-refractivity contribution < 1.29 is 0 Å². The molecule has 0 radical (unpaired) electrons. The van der Waals surface area contributed by atoms with Gasteiger partial charge in [0, 0.05) is 16.2 Å². The van der Waals surface area contributed by atoms with E-state index in [1.54, 1.807) is 4.68 Å². The predicted octanol–water partition coefficient (Wildman–Crippen LogP) is 6.15. The van der Waals surface area contributed by atoms with Gasteiger partial charge >= 0.3 is 0 Å². The van der Waals surface area contributed by atoms with Crippen LogP contribution in [0, 0.1) is 0 Å². The minimum Gasteiger partial charge on any atom is -0.339 e. The average molecular weight is 398 g/mol. The number of benzene rings is 5. The lowest BCUT2D eigenvalue weighted by atomic mass is 9.99. The Bertz CT molecular complexity index is 1790. The van der Waals surface area contributed by atoms with Gasteiger partial charge in [-0.1, -0.05) is 54.6 Å². The van der Waals surface area contributed by atoms with Crippen molar-refractivity contribution >= 4 is 54.3 Å². The second kappa shape index (κ2) is 5.86. The monoisotopic (exact) mass is 398 g/mol. The topological polar surface area (TPSA) is 48.8 Å². The summed E-state index contributed by atoms with van der Waals surface area (Å²) in [5, 5.41) is 13.0. The zero-order valence-corrected chi connectivity index (χ0v) is 16.7. The Labute approximate surface area is 177 Å². The number of nitrogens with two attached hydrogens (primary N) is 1. The Hall–Kier alpha value is -4.31. The maximum atomic E-state index is 6.58. The lowest BCUT2D eigenvalue weighted by molar-refractivity contribution is 0.911.